The summed E-state index contributed by atoms with van der Waals surface area (Å²) >= 11 is 1.86. The van der Waals surface area contributed by atoms with Gasteiger partial charge in [-0.2, -0.15) is 0 Å². The van der Waals surface area contributed by atoms with Crippen LogP contribution >= 0.6 is 11.8 Å². The lowest BCUT2D eigenvalue weighted by Gasteiger charge is -2.19. The molecule has 0 saturated carbocycles. The van der Waals surface area contributed by atoms with Gasteiger partial charge < -0.3 is 9.36 Å². The van der Waals surface area contributed by atoms with E-state index in [1.807, 2.05) is 17.8 Å². The van der Waals surface area contributed by atoms with E-state index < -0.39 is 0 Å². The quantitative estimate of drug-likeness (QED) is 0.653. The summed E-state index contributed by atoms with van der Waals surface area (Å²) in [6.07, 6.45) is 2.05. The van der Waals surface area contributed by atoms with Crippen molar-refractivity contribution in [3.8, 4) is 5.69 Å². The van der Waals surface area contributed by atoms with Gasteiger partial charge in [0.1, 0.15) is 6.29 Å². The second-order valence-electron chi connectivity index (χ2n) is 5.29. The van der Waals surface area contributed by atoms with Crippen LogP contribution in [0, 0.1) is 0 Å². The molecule has 0 N–H and O–H groups in total. The molecular formula is C18H15NOS. The first-order valence-electron chi connectivity index (χ1n) is 7.17. The predicted octanol–water partition coefficient (Wildman–Crippen LogP) is 4.41. The maximum absolute atomic E-state index is 11.5. The number of carbonyl (C=O) groups is 1. The maximum Gasteiger partial charge on any atom is 0.127 e. The van der Waals surface area contributed by atoms with Crippen LogP contribution in [0.2, 0.25) is 0 Å². The van der Waals surface area contributed by atoms with E-state index in [1.54, 1.807) is 0 Å². The third-order valence-electron chi connectivity index (χ3n) is 4.09. The molecule has 2 nitrogen and oxygen atoms in total. The Morgan fingerprint density at radius 3 is 2.62 bits per heavy atom. The van der Waals surface area contributed by atoms with Crippen LogP contribution in [0.1, 0.15) is 17.9 Å². The molecular weight excluding hydrogens is 278 g/mol. The first-order chi connectivity index (χ1) is 10.4. The van der Waals surface area contributed by atoms with Crippen LogP contribution < -0.4 is 0 Å². The monoisotopic (exact) mass is 293 g/mol. The molecule has 0 aliphatic carbocycles. The van der Waals surface area contributed by atoms with E-state index in [0.717, 1.165) is 24.1 Å². The van der Waals surface area contributed by atoms with E-state index in [2.05, 4.69) is 53.1 Å². The Morgan fingerprint density at radius 2 is 1.81 bits per heavy atom. The Morgan fingerprint density at radius 1 is 1.05 bits per heavy atom. The van der Waals surface area contributed by atoms with Gasteiger partial charge in [-0.05, 0) is 24.6 Å². The molecule has 1 aliphatic heterocycles. The van der Waals surface area contributed by atoms with E-state index in [-0.39, 0.29) is 5.92 Å². The third-order valence-corrected chi connectivity index (χ3v) is 5.20. The van der Waals surface area contributed by atoms with Crippen LogP contribution in [0.15, 0.2) is 59.6 Å². The van der Waals surface area contributed by atoms with Crippen molar-refractivity contribution in [2.24, 2.45) is 0 Å². The molecule has 0 fully saturated rings. The molecule has 4 rings (SSSR count). The molecule has 3 aromatic rings. The van der Waals surface area contributed by atoms with Crippen molar-refractivity contribution < 1.29 is 4.79 Å². The summed E-state index contributed by atoms with van der Waals surface area (Å²) in [5.74, 6) is 1.02. The van der Waals surface area contributed by atoms with E-state index in [9.17, 15) is 4.79 Å². The lowest BCUT2D eigenvalue weighted by Crippen LogP contribution is -2.09. The molecule has 0 amide bonds. The first kappa shape index (κ1) is 12.7. The van der Waals surface area contributed by atoms with Crippen molar-refractivity contribution in [3.05, 3.63) is 60.2 Å². The molecule has 1 aromatic heterocycles. The van der Waals surface area contributed by atoms with Gasteiger partial charge in [-0.15, -0.1) is 11.8 Å². The second kappa shape index (κ2) is 5.08. The zero-order chi connectivity index (χ0) is 14.2. The van der Waals surface area contributed by atoms with E-state index >= 15 is 0 Å². The lowest BCUT2D eigenvalue weighted by molar-refractivity contribution is -0.109. The maximum atomic E-state index is 11.5. The minimum absolute atomic E-state index is 0.0242. The molecule has 2 heterocycles. The zero-order valence-electron chi connectivity index (χ0n) is 11.5. The van der Waals surface area contributed by atoms with Gasteiger partial charge in [-0.3, -0.25) is 0 Å². The smallest absolute Gasteiger partial charge is 0.127 e. The third kappa shape index (κ3) is 1.92. The standard InChI is InChI=1S/C18H15NOS/c20-12-13-10-11-21-18-17(13)15-8-4-5-9-16(15)19(18)14-6-2-1-3-7-14/h1-9,12-13H,10-11H2. The molecule has 104 valence electrons. The minimum atomic E-state index is 0.0242. The number of rotatable bonds is 2. The van der Waals surface area contributed by atoms with Gasteiger partial charge in [0.25, 0.3) is 0 Å². The number of para-hydroxylation sites is 2. The van der Waals surface area contributed by atoms with E-state index in [1.165, 1.54) is 21.5 Å². The molecule has 0 radical (unpaired) electrons. The van der Waals surface area contributed by atoms with Gasteiger partial charge in [0.05, 0.1) is 10.5 Å². The molecule has 1 unspecified atom stereocenters. The van der Waals surface area contributed by atoms with Crippen molar-refractivity contribution in [1.29, 1.82) is 0 Å². The summed E-state index contributed by atoms with van der Waals surface area (Å²) in [6, 6.07) is 18.8. The SMILES string of the molecule is O=CC1CCSc2c1c1ccccc1n2-c1ccccc1. The lowest BCUT2D eigenvalue weighted by atomic mass is 9.97. The number of nitrogens with zero attached hydrogens (tertiary/aromatic N) is 1. The van der Waals surface area contributed by atoms with Crippen LogP contribution in [0.3, 0.4) is 0 Å². The van der Waals surface area contributed by atoms with Crippen molar-refractivity contribution in [3.63, 3.8) is 0 Å². The highest BCUT2D eigenvalue weighted by Crippen LogP contribution is 2.44. The summed E-state index contributed by atoms with van der Waals surface area (Å²) in [6.45, 7) is 0. The fourth-order valence-corrected chi connectivity index (χ4v) is 4.45. The molecule has 1 aliphatic rings. The van der Waals surface area contributed by atoms with Gasteiger partial charge in [0, 0.05) is 28.3 Å². The first-order valence-corrected chi connectivity index (χ1v) is 8.15. The number of fused-ring (bicyclic) bond motifs is 3. The van der Waals surface area contributed by atoms with Gasteiger partial charge in [0.15, 0.2) is 0 Å². The molecule has 0 spiro atoms. The average Bonchev–Trinajstić information content (AvgIpc) is 2.90. The van der Waals surface area contributed by atoms with Crippen LogP contribution in [-0.2, 0) is 4.79 Å². The number of hydrogen-bond acceptors (Lipinski definition) is 2. The highest BCUT2D eigenvalue weighted by molar-refractivity contribution is 7.99. The van der Waals surface area contributed by atoms with Gasteiger partial charge in [0.2, 0.25) is 0 Å². The number of hydrogen-bond donors (Lipinski definition) is 0. The van der Waals surface area contributed by atoms with E-state index in [0.29, 0.717) is 0 Å². The van der Waals surface area contributed by atoms with Crippen molar-refractivity contribution in [2.75, 3.05) is 5.75 Å². The molecule has 0 bridgehead atoms. The Hall–Kier alpha value is -2.00. The highest BCUT2D eigenvalue weighted by Gasteiger charge is 2.28. The molecule has 0 saturated heterocycles. The second-order valence-corrected chi connectivity index (χ2v) is 6.37. The largest absolute Gasteiger partial charge is 0.304 e. The summed E-state index contributed by atoms with van der Waals surface area (Å²) in [4.78, 5) is 11.5. The van der Waals surface area contributed by atoms with Crippen molar-refractivity contribution in [1.82, 2.24) is 4.57 Å². The Labute approximate surface area is 127 Å². The average molecular weight is 293 g/mol. The summed E-state index contributed by atoms with van der Waals surface area (Å²) in [5.41, 5.74) is 3.56. The fraction of sp³-hybridized carbons (Fsp3) is 0.167. The van der Waals surface area contributed by atoms with Crippen LogP contribution in [0.25, 0.3) is 16.6 Å². The topological polar surface area (TPSA) is 22.0 Å². The normalized spacial score (nSPS) is 17.6. The highest BCUT2D eigenvalue weighted by atomic mass is 32.2. The number of thioether (sulfide) groups is 1. The predicted molar refractivity (Wildman–Crippen MR) is 87.4 cm³/mol. The minimum Gasteiger partial charge on any atom is -0.304 e. The number of benzene rings is 2. The Bertz CT molecular complexity index is 807. The van der Waals surface area contributed by atoms with Crippen molar-refractivity contribution in [2.45, 2.75) is 17.4 Å². The van der Waals surface area contributed by atoms with Crippen LogP contribution in [-0.4, -0.2) is 16.6 Å². The summed E-state index contributed by atoms with van der Waals surface area (Å²) in [7, 11) is 0. The fourth-order valence-electron chi connectivity index (χ4n) is 3.14. The van der Waals surface area contributed by atoms with E-state index in [4.69, 9.17) is 0 Å². The van der Waals surface area contributed by atoms with Crippen LogP contribution in [0.4, 0.5) is 0 Å². The number of carbonyl (C=O) groups excluding carboxylic acids is 1. The zero-order valence-corrected chi connectivity index (χ0v) is 12.3. The molecule has 2 aromatic carbocycles. The molecule has 1 atom stereocenters. The summed E-state index contributed by atoms with van der Waals surface area (Å²) < 4.78 is 2.30. The molecule has 21 heavy (non-hydrogen) atoms. The Kier molecular flexibility index (Phi) is 3.08. The Balaban J connectivity index is 2.10. The number of aldehydes is 1. The number of aromatic nitrogens is 1. The summed E-state index contributed by atoms with van der Waals surface area (Å²) in [5, 5.41) is 2.44. The van der Waals surface area contributed by atoms with Crippen molar-refractivity contribution >= 4 is 29.0 Å². The van der Waals surface area contributed by atoms with Crippen LogP contribution in [0.5, 0.6) is 0 Å². The van der Waals surface area contributed by atoms with Gasteiger partial charge >= 0.3 is 0 Å². The van der Waals surface area contributed by atoms with Gasteiger partial charge in [-0.25, -0.2) is 0 Å². The van der Waals surface area contributed by atoms with Gasteiger partial charge in [-0.1, -0.05) is 36.4 Å². The molecule has 3 heteroatoms.